The minimum absolute atomic E-state index is 0.0361. The van der Waals surface area contributed by atoms with Crippen LogP contribution in [-0.2, 0) is 0 Å². The van der Waals surface area contributed by atoms with Gasteiger partial charge in [-0.15, -0.1) is 0 Å². The van der Waals surface area contributed by atoms with E-state index in [1.54, 1.807) is 7.05 Å². The second-order valence-corrected chi connectivity index (χ2v) is 1.32. The SMILES string of the molecule is CNCN=CN=CCO. The van der Waals surface area contributed by atoms with Crippen LogP contribution in [0.2, 0.25) is 0 Å². The van der Waals surface area contributed by atoms with Gasteiger partial charge in [-0.25, -0.2) is 4.99 Å². The molecule has 0 rings (SSSR count). The lowest BCUT2D eigenvalue weighted by atomic mass is 10.8. The molecular weight excluding hydrogens is 118 g/mol. The predicted octanol–water partition coefficient (Wildman–Crippen LogP) is -0.745. The van der Waals surface area contributed by atoms with Crippen molar-refractivity contribution in [3.05, 3.63) is 0 Å². The summed E-state index contributed by atoms with van der Waals surface area (Å²) in [5.41, 5.74) is 0. The van der Waals surface area contributed by atoms with Gasteiger partial charge in [-0.1, -0.05) is 0 Å². The zero-order chi connectivity index (χ0) is 6.95. The van der Waals surface area contributed by atoms with Crippen molar-refractivity contribution in [2.75, 3.05) is 20.3 Å². The summed E-state index contributed by atoms with van der Waals surface area (Å²) in [6, 6.07) is 0. The van der Waals surface area contributed by atoms with Crippen LogP contribution >= 0.6 is 0 Å². The fourth-order valence-corrected chi connectivity index (χ4v) is 0.274. The lowest BCUT2D eigenvalue weighted by Crippen LogP contribution is -2.04. The normalized spacial score (nSPS) is 11.8. The van der Waals surface area contributed by atoms with E-state index in [9.17, 15) is 0 Å². The molecule has 9 heavy (non-hydrogen) atoms. The monoisotopic (exact) mass is 129 g/mol. The molecule has 0 saturated carbocycles. The molecule has 0 amide bonds. The molecule has 0 heterocycles. The van der Waals surface area contributed by atoms with Gasteiger partial charge in [-0.2, -0.15) is 0 Å². The van der Waals surface area contributed by atoms with Crippen LogP contribution in [0.3, 0.4) is 0 Å². The van der Waals surface area contributed by atoms with Crippen molar-refractivity contribution in [2.45, 2.75) is 0 Å². The van der Waals surface area contributed by atoms with Gasteiger partial charge in [-0.05, 0) is 7.05 Å². The van der Waals surface area contributed by atoms with Gasteiger partial charge in [0.05, 0.1) is 13.3 Å². The summed E-state index contributed by atoms with van der Waals surface area (Å²) in [6.07, 6.45) is 2.77. The van der Waals surface area contributed by atoms with E-state index in [4.69, 9.17) is 5.11 Å². The van der Waals surface area contributed by atoms with Crippen LogP contribution in [0.15, 0.2) is 9.98 Å². The number of aliphatic hydroxyl groups excluding tert-OH is 1. The highest BCUT2D eigenvalue weighted by Crippen LogP contribution is 1.60. The Morgan fingerprint density at radius 1 is 1.67 bits per heavy atom. The number of rotatable bonds is 4. The quantitative estimate of drug-likeness (QED) is 0.388. The van der Waals surface area contributed by atoms with Gasteiger partial charge < -0.3 is 10.4 Å². The third-order valence-corrected chi connectivity index (χ3v) is 0.585. The van der Waals surface area contributed by atoms with E-state index in [0.717, 1.165) is 0 Å². The first-order valence-corrected chi connectivity index (χ1v) is 2.67. The highest BCUT2D eigenvalue weighted by molar-refractivity contribution is 5.72. The first-order chi connectivity index (χ1) is 4.41. The van der Waals surface area contributed by atoms with Crippen molar-refractivity contribution in [2.24, 2.45) is 9.98 Å². The summed E-state index contributed by atoms with van der Waals surface area (Å²) in [7, 11) is 1.80. The standard InChI is InChI=1S/C5H11N3O/c1-6-4-8-5-7-2-3-9/h2,5-6,9H,3-4H2,1H3. The predicted molar refractivity (Wildman–Crippen MR) is 38.0 cm³/mol. The Morgan fingerprint density at radius 2 is 2.44 bits per heavy atom. The zero-order valence-corrected chi connectivity index (χ0v) is 5.41. The van der Waals surface area contributed by atoms with Crippen LogP contribution < -0.4 is 5.32 Å². The third kappa shape index (κ3) is 7.26. The molecule has 0 aliphatic rings. The third-order valence-electron chi connectivity index (χ3n) is 0.585. The average molecular weight is 129 g/mol. The Labute approximate surface area is 54.3 Å². The van der Waals surface area contributed by atoms with Crippen LogP contribution in [-0.4, -0.2) is 38.0 Å². The maximum absolute atomic E-state index is 8.20. The van der Waals surface area contributed by atoms with Gasteiger partial charge in [-0.3, -0.25) is 4.99 Å². The molecule has 0 atom stereocenters. The average Bonchev–Trinajstić information content (AvgIpc) is 1.89. The topological polar surface area (TPSA) is 57.0 Å². The summed E-state index contributed by atoms with van der Waals surface area (Å²) in [4.78, 5) is 7.40. The van der Waals surface area contributed by atoms with Gasteiger partial charge in [0, 0.05) is 6.21 Å². The number of nitrogens with one attached hydrogen (secondary N) is 1. The largest absolute Gasteiger partial charge is 0.391 e. The van der Waals surface area contributed by atoms with Crippen molar-refractivity contribution in [1.82, 2.24) is 5.32 Å². The van der Waals surface area contributed by atoms with Crippen LogP contribution in [0.5, 0.6) is 0 Å². The van der Waals surface area contributed by atoms with Crippen LogP contribution in [0.1, 0.15) is 0 Å². The second kappa shape index (κ2) is 7.26. The molecule has 0 fully saturated rings. The molecule has 0 aromatic rings. The summed E-state index contributed by atoms with van der Waals surface area (Å²) < 4.78 is 0. The Balaban J connectivity index is 3.13. The second-order valence-electron chi connectivity index (χ2n) is 1.32. The number of hydrogen-bond donors (Lipinski definition) is 2. The van der Waals surface area contributed by atoms with E-state index in [-0.39, 0.29) is 6.61 Å². The zero-order valence-electron chi connectivity index (χ0n) is 5.41. The molecule has 0 aliphatic carbocycles. The number of aliphatic hydroxyl groups is 1. The minimum atomic E-state index is -0.0361. The van der Waals surface area contributed by atoms with E-state index in [0.29, 0.717) is 6.67 Å². The minimum Gasteiger partial charge on any atom is -0.391 e. The van der Waals surface area contributed by atoms with E-state index in [1.807, 2.05) is 0 Å². The number of nitrogens with zero attached hydrogens (tertiary/aromatic N) is 2. The molecule has 0 spiro atoms. The van der Waals surface area contributed by atoms with Crippen molar-refractivity contribution in [1.29, 1.82) is 0 Å². The van der Waals surface area contributed by atoms with E-state index >= 15 is 0 Å². The highest BCUT2D eigenvalue weighted by atomic mass is 16.2. The highest BCUT2D eigenvalue weighted by Gasteiger charge is 1.66. The van der Waals surface area contributed by atoms with Crippen molar-refractivity contribution in [3.63, 3.8) is 0 Å². The van der Waals surface area contributed by atoms with Gasteiger partial charge in [0.15, 0.2) is 0 Å². The Morgan fingerprint density at radius 3 is 3.00 bits per heavy atom. The van der Waals surface area contributed by atoms with E-state index < -0.39 is 0 Å². The van der Waals surface area contributed by atoms with Crippen molar-refractivity contribution >= 4 is 12.6 Å². The van der Waals surface area contributed by atoms with E-state index in [1.165, 1.54) is 12.6 Å². The molecule has 0 aromatic carbocycles. The lowest BCUT2D eigenvalue weighted by Gasteiger charge is -1.83. The summed E-state index contributed by atoms with van der Waals surface area (Å²) in [5.74, 6) is 0. The van der Waals surface area contributed by atoms with Crippen LogP contribution in [0.25, 0.3) is 0 Å². The first-order valence-electron chi connectivity index (χ1n) is 2.67. The lowest BCUT2D eigenvalue weighted by molar-refractivity contribution is 0.362. The van der Waals surface area contributed by atoms with E-state index in [2.05, 4.69) is 15.3 Å². The molecule has 4 nitrogen and oxygen atoms in total. The summed E-state index contributed by atoms with van der Waals surface area (Å²) >= 11 is 0. The molecule has 0 aromatic heterocycles. The van der Waals surface area contributed by atoms with Gasteiger partial charge >= 0.3 is 0 Å². The number of hydrogen-bond acceptors (Lipinski definition) is 3. The van der Waals surface area contributed by atoms with Crippen molar-refractivity contribution in [3.8, 4) is 0 Å². The fraction of sp³-hybridized carbons (Fsp3) is 0.600. The first kappa shape index (κ1) is 8.26. The molecular formula is C5H11N3O. The van der Waals surface area contributed by atoms with Gasteiger partial charge in [0.2, 0.25) is 0 Å². The summed E-state index contributed by atoms with van der Waals surface area (Å²) in [5, 5.41) is 11.0. The molecule has 0 radical (unpaired) electrons. The van der Waals surface area contributed by atoms with Crippen LogP contribution in [0, 0.1) is 0 Å². The maximum atomic E-state index is 8.20. The molecule has 0 bridgehead atoms. The van der Waals surface area contributed by atoms with Gasteiger partial charge in [0.25, 0.3) is 0 Å². The fourth-order valence-electron chi connectivity index (χ4n) is 0.274. The Bertz CT molecular complexity index is 100. The summed E-state index contributed by atoms with van der Waals surface area (Å²) in [6.45, 7) is 0.522. The molecule has 52 valence electrons. The Kier molecular flexibility index (Phi) is 6.66. The Hall–Kier alpha value is -0.740. The molecule has 0 unspecified atom stereocenters. The van der Waals surface area contributed by atoms with Crippen LogP contribution in [0.4, 0.5) is 0 Å². The van der Waals surface area contributed by atoms with Gasteiger partial charge in [0.1, 0.15) is 6.34 Å². The molecule has 2 N–H and O–H groups in total. The number of aliphatic imine (C=N–C) groups is 2. The molecule has 4 heteroatoms. The molecule has 0 saturated heterocycles. The molecule has 0 aliphatic heterocycles. The smallest absolute Gasteiger partial charge is 0.111 e. The van der Waals surface area contributed by atoms with Crippen molar-refractivity contribution < 1.29 is 5.11 Å². The maximum Gasteiger partial charge on any atom is 0.111 e.